The first kappa shape index (κ1) is 11.8. The highest BCUT2D eigenvalue weighted by atomic mass is 15.2. The Hall–Kier alpha value is -0.240. The molecule has 1 saturated heterocycles. The Labute approximate surface area is 85.6 Å². The van der Waals surface area contributed by atoms with Gasteiger partial charge in [0.2, 0.25) is 0 Å². The summed E-state index contributed by atoms with van der Waals surface area (Å²) in [6.45, 7) is 7.39. The van der Waals surface area contributed by atoms with Crippen LogP contribution in [-0.2, 0) is 0 Å². The average Bonchev–Trinajstić information content (AvgIpc) is 2.22. The van der Waals surface area contributed by atoms with Gasteiger partial charge in [0.1, 0.15) is 0 Å². The summed E-state index contributed by atoms with van der Waals surface area (Å²) in [6.07, 6.45) is 0. The molecule has 0 unspecified atom stereocenters. The molecular weight excluding hydrogens is 180 g/mol. The molecule has 0 spiro atoms. The van der Waals surface area contributed by atoms with Gasteiger partial charge >= 0.3 is 0 Å². The average molecular weight is 202 g/mol. The van der Waals surface area contributed by atoms with Crippen molar-refractivity contribution in [3.63, 3.8) is 0 Å². The van der Waals surface area contributed by atoms with Crippen LogP contribution < -0.4 is 31.9 Å². The smallest absolute Gasteiger partial charge is 0.0474 e. The van der Waals surface area contributed by atoms with E-state index in [0.717, 1.165) is 52.9 Å². The lowest BCUT2D eigenvalue weighted by molar-refractivity contribution is 0.477. The quantitative estimate of drug-likeness (QED) is 0.258. The van der Waals surface area contributed by atoms with Gasteiger partial charge in [0.25, 0.3) is 0 Å². The fourth-order valence-electron chi connectivity index (χ4n) is 1.19. The van der Waals surface area contributed by atoms with Crippen LogP contribution in [0.3, 0.4) is 0 Å². The zero-order valence-corrected chi connectivity index (χ0v) is 8.66. The number of rotatable bonds is 0. The first-order valence-electron chi connectivity index (χ1n) is 5.24. The third kappa shape index (κ3) is 7.19. The molecule has 1 fully saturated rings. The Morgan fingerprint density at radius 3 is 1.07 bits per heavy atom. The number of hydrogen-bond donors (Lipinski definition) is 6. The molecule has 1 rings (SSSR count). The normalized spacial score (nSPS) is 24.0. The van der Waals surface area contributed by atoms with Gasteiger partial charge in [0, 0.05) is 52.9 Å². The Kier molecular flexibility index (Phi) is 7.88. The van der Waals surface area contributed by atoms with E-state index in [9.17, 15) is 0 Å². The van der Waals surface area contributed by atoms with Crippen LogP contribution in [0, 0.1) is 0 Å². The standard InChI is InChI=1S/C8H22N6/c1-3-11-6-13-8-14-7-12-4-2-10-5-9-1/h9-14H,1-8H2. The molecule has 0 radical (unpaired) electrons. The minimum absolute atomic E-state index is 0.834. The van der Waals surface area contributed by atoms with Gasteiger partial charge in [-0.2, -0.15) is 0 Å². The Morgan fingerprint density at radius 2 is 0.643 bits per heavy atom. The second-order valence-corrected chi connectivity index (χ2v) is 3.21. The van der Waals surface area contributed by atoms with E-state index < -0.39 is 0 Å². The first-order valence-corrected chi connectivity index (χ1v) is 5.24. The Balaban J connectivity index is 2.00. The molecule has 1 heterocycles. The molecule has 0 aromatic rings. The minimum atomic E-state index is 0.834. The Morgan fingerprint density at radius 1 is 0.357 bits per heavy atom. The third-order valence-corrected chi connectivity index (χ3v) is 1.96. The van der Waals surface area contributed by atoms with E-state index in [4.69, 9.17) is 0 Å². The summed E-state index contributed by atoms with van der Waals surface area (Å²) < 4.78 is 0. The molecule has 0 amide bonds. The van der Waals surface area contributed by atoms with E-state index in [2.05, 4.69) is 31.9 Å². The van der Waals surface area contributed by atoms with E-state index in [-0.39, 0.29) is 0 Å². The van der Waals surface area contributed by atoms with Gasteiger partial charge in [-0.05, 0) is 0 Å². The molecule has 0 aliphatic carbocycles. The maximum absolute atomic E-state index is 3.29. The van der Waals surface area contributed by atoms with Gasteiger partial charge in [0.05, 0.1) is 0 Å². The molecular formula is C8H22N6. The molecule has 0 aromatic carbocycles. The third-order valence-electron chi connectivity index (χ3n) is 1.96. The van der Waals surface area contributed by atoms with Gasteiger partial charge in [-0.25, -0.2) is 0 Å². The fourth-order valence-corrected chi connectivity index (χ4v) is 1.19. The summed E-state index contributed by atoms with van der Waals surface area (Å²) in [6, 6.07) is 0. The van der Waals surface area contributed by atoms with Crippen molar-refractivity contribution in [1.82, 2.24) is 31.9 Å². The van der Waals surface area contributed by atoms with Crippen LogP contribution in [0.2, 0.25) is 0 Å². The summed E-state index contributed by atoms with van der Waals surface area (Å²) in [7, 11) is 0. The molecule has 1 aliphatic heterocycles. The molecule has 0 saturated carbocycles. The zero-order chi connectivity index (χ0) is 9.90. The van der Waals surface area contributed by atoms with Crippen molar-refractivity contribution in [3.8, 4) is 0 Å². The maximum Gasteiger partial charge on any atom is 0.0474 e. The summed E-state index contributed by atoms with van der Waals surface area (Å²) in [5.74, 6) is 0. The van der Waals surface area contributed by atoms with Crippen LogP contribution in [0.1, 0.15) is 0 Å². The maximum atomic E-state index is 3.29. The molecule has 0 bridgehead atoms. The second kappa shape index (κ2) is 9.32. The van der Waals surface area contributed by atoms with Gasteiger partial charge in [0.15, 0.2) is 0 Å². The molecule has 1 aliphatic rings. The molecule has 14 heavy (non-hydrogen) atoms. The molecule has 6 N–H and O–H groups in total. The van der Waals surface area contributed by atoms with Crippen LogP contribution in [0.15, 0.2) is 0 Å². The van der Waals surface area contributed by atoms with Crippen molar-refractivity contribution in [2.24, 2.45) is 0 Å². The summed E-state index contributed by atoms with van der Waals surface area (Å²) in [5.41, 5.74) is 0. The molecule has 6 heteroatoms. The fraction of sp³-hybridized carbons (Fsp3) is 1.00. The van der Waals surface area contributed by atoms with Crippen LogP contribution >= 0.6 is 0 Å². The van der Waals surface area contributed by atoms with Crippen LogP contribution in [0.4, 0.5) is 0 Å². The van der Waals surface area contributed by atoms with E-state index in [1.165, 1.54) is 0 Å². The first-order chi connectivity index (χ1) is 7.00. The molecule has 0 atom stereocenters. The predicted molar refractivity (Wildman–Crippen MR) is 57.8 cm³/mol. The summed E-state index contributed by atoms with van der Waals surface area (Å²) in [4.78, 5) is 0. The van der Waals surface area contributed by atoms with E-state index in [1.807, 2.05) is 0 Å². The largest absolute Gasteiger partial charge is 0.303 e. The minimum Gasteiger partial charge on any atom is -0.303 e. The van der Waals surface area contributed by atoms with Crippen LogP contribution in [0.5, 0.6) is 0 Å². The van der Waals surface area contributed by atoms with Gasteiger partial charge in [-0.15, -0.1) is 0 Å². The second-order valence-electron chi connectivity index (χ2n) is 3.21. The van der Waals surface area contributed by atoms with Crippen molar-refractivity contribution in [2.75, 3.05) is 52.9 Å². The highest BCUT2D eigenvalue weighted by Gasteiger charge is 1.91. The SMILES string of the molecule is C1CNCNCNCNCCNCN1. The zero-order valence-electron chi connectivity index (χ0n) is 8.66. The lowest BCUT2D eigenvalue weighted by atomic mass is 10.6. The molecule has 84 valence electrons. The van der Waals surface area contributed by atoms with Gasteiger partial charge in [-0.1, -0.05) is 0 Å². The monoisotopic (exact) mass is 202 g/mol. The van der Waals surface area contributed by atoms with E-state index in [0.29, 0.717) is 0 Å². The lowest BCUT2D eigenvalue weighted by Gasteiger charge is -2.12. The van der Waals surface area contributed by atoms with E-state index in [1.54, 1.807) is 0 Å². The van der Waals surface area contributed by atoms with Gasteiger partial charge < -0.3 is 21.3 Å². The molecule has 6 nitrogen and oxygen atoms in total. The van der Waals surface area contributed by atoms with Crippen molar-refractivity contribution in [2.45, 2.75) is 0 Å². The number of hydrogen-bond acceptors (Lipinski definition) is 6. The van der Waals surface area contributed by atoms with Crippen molar-refractivity contribution in [1.29, 1.82) is 0 Å². The molecule has 0 aromatic heterocycles. The number of nitrogens with one attached hydrogen (secondary N) is 6. The van der Waals surface area contributed by atoms with E-state index >= 15 is 0 Å². The van der Waals surface area contributed by atoms with Gasteiger partial charge in [-0.3, -0.25) is 10.6 Å². The van der Waals surface area contributed by atoms with Crippen LogP contribution in [-0.4, -0.2) is 52.9 Å². The topological polar surface area (TPSA) is 72.2 Å². The summed E-state index contributed by atoms with van der Waals surface area (Å²) >= 11 is 0. The van der Waals surface area contributed by atoms with Crippen molar-refractivity contribution >= 4 is 0 Å². The predicted octanol–water partition coefficient (Wildman–Crippen LogP) is -2.63. The lowest BCUT2D eigenvalue weighted by Crippen LogP contribution is -2.44. The Bertz CT molecular complexity index is 67.1. The van der Waals surface area contributed by atoms with Crippen LogP contribution in [0.25, 0.3) is 0 Å². The van der Waals surface area contributed by atoms with Crippen molar-refractivity contribution in [3.05, 3.63) is 0 Å². The summed E-state index contributed by atoms with van der Waals surface area (Å²) in [5, 5.41) is 19.6. The van der Waals surface area contributed by atoms with Crippen molar-refractivity contribution < 1.29 is 0 Å². The highest BCUT2D eigenvalue weighted by molar-refractivity contribution is 4.54. The highest BCUT2D eigenvalue weighted by Crippen LogP contribution is 1.61.